The zero-order valence-electron chi connectivity index (χ0n) is 10.9. The molecule has 2 rings (SSSR count). The van der Waals surface area contributed by atoms with E-state index in [1.807, 2.05) is 0 Å². The van der Waals surface area contributed by atoms with E-state index in [4.69, 9.17) is 10.8 Å². The van der Waals surface area contributed by atoms with Crippen molar-refractivity contribution in [3.05, 3.63) is 35.7 Å². The molecule has 0 fully saturated rings. The lowest BCUT2D eigenvalue weighted by Gasteiger charge is -2.07. The fourth-order valence-corrected chi connectivity index (χ4v) is 1.64. The Bertz CT molecular complexity index is 682. The smallest absolute Gasteiger partial charge is 0.339 e. The molecular formula is C12H13N5O4. The molecule has 0 radical (unpaired) electrons. The number of hydrogen-bond acceptors (Lipinski definition) is 6. The van der Waals surface area contributed by atoms with E-state index in [9.17, 15) is 14.7 Å². The molecule has 0 aliphatic carbocycles. The molecule has 21 heavy (non-hydrogen) atoms. The summed E-state index contributed by atoms with van der Waals surface area (Å²) in [5.74, 6) is -2.07. The molecule has 110 valence electrons. The first-order chi connectivity index (χ1) is 9.99. The lowest BCUT2D eigenvalue weighted by molar-refractivity contribution is -0.116. The number of carbonyl (C=O) groups is 2. The van der Waals surface area contributed by atoms with Crippen LogP contribution in [0, 0.1) is 0 Å². The Balaban J connectivity index is 2.05. The predicted octanol–water partition coefficient (Wildman–Crippen LogP) is -0.221. The van der Waals surface area contributed by atoms with Gasteiger partial charge in [0.15, 0.2) is 0 Å². The maximum atomic E-state index is 11.8. The standard InChI is InChI=1S/C12H13N5O4/c13-4-8-5-17(16-15-8)6-11(19)14-7-1-2-10(18)9(3-7)12(20)21/h1-3,5,18H,4,6,13H2,(H,14,19)(H,20,21). The van der Waals surface area contributed by atoms with Gasteiger partial charge >= 0.3 is 5.97 Å². The van der Waals surface area contributed by atoms with E-state index in [-0.39, 0.29) is 30.1 Å². The summed E-state index contributed by atoms with van der Waals surface area (Å²) in [6, 6.07) is 3.76. The van der Waals surface area contributed by atoms with Crippen LogP contribution in [-0.2, 0) is 17.9 Å². The summed E-state index contributed by atoms with van der Waals surface area (Å²) in [6.07, 6.45) is 1.54. The van der Waals surface area contributed by atoms with Crippen molar-refractivity contribution in [1.29, 1.82) is 0 Å². The Labute approximate surface area is 119 Å². The quantitative estimate of drug-likeness (QED) is 0.557. The van der Waals surface area contributed by atoms with Gasteiger partial charge in [-0.3, -0.25) is 4.79 Å². The number of rotatable bonds is 5. The number of carboxylic acid groups (broad SMARTS) is 1. The monoisotopic (exact) mass is 291 g/mol. The maximum absolute atomic E-state index is 11.8. The minimum atomic E-state index is -1.28. The van der Waals surface area contributed by atoms with Gasteiger partial charge in [-0.2, -0.15) is 0 Å². The lowest BCUT2D eigenvalue weighted by atomic mass is 10.2. The van der Waals surface area contributed by atoms with Crippen LogP contribution in [0.3, 0.4) is 0 Å². The summed E-state index contributed by atoms with van der Waals surface area (Å²) in [5.41, 5.74) is 5.90. The molecule has 0 bridgehead atoms. The van der Waals surface area contributed by atoms with Gasteiger partial charge in [-0.05, 0) is 18.2 Å². The molecule has 0 saturated heterocycles. The third-order valence-corrected chi connectivity index (χ3v) is 2.61. The third-order valence-electron chi connectivity index (χ3n) is 2.61. The van der Waals surface area contributed by atoms with Gasteiger partial charge in [0, 0.05) is 12.2 Å². The summed E-state index contributed by atoms with van der Waals surface area (Å²) < 4.78 is 1.32. The van der Waals surface area contributed by atoms with Crippen LogP contribution in [0.5, 0.6) is 5.75 Å². The molecule has 1 heterocycles. The topological polar surface area (TPSA) is 143 Å². The number of nitrogens with zero attached hydrogens (tertiary/aromatic N) is 3. The van der Waals surface area contributed by atoms with E-state index in [1.165, 1.54) is 22.9 Å². The van der Waals surface area contributed by atoms with Crippen LogP contribution < -0.4 is 11.1 Å². The number of aromatic hydroxyl groups is 1. The molecular weight excluding hydrogens is 278 g/mol. The normalized spacial score (nSPS) is 10.3. The van der Waals surface area contributed by atoms with Gasteiger partial charge in [0.1, 0.15) is 17.9 Å². The molecule has 1 amide bonds. The zero-order chi connectivity index (χ0) is 15.4. The molecule has 0 spiro atoms. The Hall–Kier alpha value is -2.94. The average Bonchev–Trinajstić information content (AvgIpc) is 2.88. The van der Waals surface area contributed by atoms with Gasteiger partial charge in [-0.25, -0.2) is 9.48 Å². The molecule has 9 heteroatoms. The first-order valence-corrected chi connectivity index (χ1v) is 5.95. The number of aromatic carboxylic acids is 1. The SMILES string of the molecule is NCc1cn(CC(=O)Nc2ccc(O)c(C(=O)O)c2)nn1. The summed E-state index contributed by atoms with van der Waals surface area (Å²) in [5, 5.41) is 28.2. The molecule has 0 saturated carbocycles. The Kier molecular flexibility index (Phi) is 4.14. The van der Waals surface area contributed by atoms with Crippen molar-refractivity contribution in [3.8, 4) is 5.75 Å². The molecule has 0 atom stereocenters. The number of hydrogen-bond donors (Lipinski definition) is 4. The summed E-state index contributed by atoms with van der Waals surface area (Å²) >= 11 is 0. The fraction of sp³-hybridized carbons (Fsp3) is 0.167. The van der Waals surface area contributed by atoms with Crippen LogP contribution in [0.2, 0.25) is 0 Å². The number of nitrogens with two attached hydrogens (primary N) is 1. The molecule has 2 aromatic rings. The van der Waals surface area contributed by atoms with Gasteiger partial charge in [0.2, 0.25) is 5.91 Å². The van der Waals surface area contributed by atoms with Crippen molar-refractivity contribution in [2.24, 2.45) is 5.73 Å². The van der Waals surface area contributed by atoms with Crippen molar-refractivity contribution < 1.29 is 19.8 Å². The second-order valence-corrected chi connectivity index (χ2v) is 4.20. The molecule has 0 aliphatic rings. The third kappa shape index (κ3) is 3.54. The summed E-state index contributed by atoms with van der Waals surface area (Å²) in [4.78, 5) is 22.7. The predicted molar refractivity (Wildman–Crippen MR) is 71.6 cm³/mol. The Morgan fingerprint density at radius 1 is 1.38 bits per heavy atom. The number of aromatic nitrogens is 3. The van der Waals surface area contributed by atoms with Gasteiger partial charge in [0.05, 0.1) is 11.9 Å². The summed E-state index contributed by atoms with van der Waals surface area (Å²) in [6.45, 7) is 0.137. The van der Waals surface area contributed by atoms with Crippen LogP contribution in [0.4, 0.5) is 5.69 Å². The molecule has 9 nitrogen and oxygen atoms in total. The number of anilines is 1. The van der Waals surface area contributed by atoms with Gasteiger partial charge in [-0.1, -0.05) is 5.21 Å². The number of benzene rings is 1. The van der Waals surface area contributed by atoms with Crippen LogP contribution in [0.15, 0.2) is 24.4 Å². The van der Waals surface area contributed by atoms with Crippen LogP contribution in [-0.4, -0.2) is 37.1 Å². The van der Waals surface area contributed by atoms with E-state index >= 15 is 0 Å². The molecule has 0 unspecified atom stereocenters. The average molecular weight is 291 g/mol. The van der Waals surface area contributed by atoms with E-state index in [0.717, 1.165) is 0 Å². The van der Waals surface area contributed by atoms with Crippen molar-refractivity contribution >= 4 is 17.6 Å². The van der Waals surface area contributed by atoms with Crippen LogP contribution in [0.1, 0.15) is 16.1 Å². The second-order valence-electron chi connectivity index (χ2n) is 4.20. The van der Waals surface area contributed by atoms with E-state index < -0.39 is 11.9 Å². The van der Waals surface area contributed by atoms with Crippen LogP contribution >= 0.6 is 0 Å². The highest BCUT2D eigenvalue weighted by atomic mass is 16.4. The van der Waals surface area contributed by atoms with E-state index in [1.54, 1.807) is 6.20 Å². The van der Waals surface area contributed by atoms with Gasteiger partial charge in [-0.15, -0.1) is 5.10 Å². The zero-order valence-corrected chi connectivity index (χ0v) is 10.9. The minimum Gasteiger partial charge on any atom is -0.507 e. The number of carboxylic acids is 1. The van der Waals surface area contributed by atoms with Crippen molar-refractivity contribution in [1.82, 2.24) is 15.0 Å². The highest BCUT2D eigenvalue weighted by molar-refractivity contribution is 5.95. The first kappa shape index (κ1) is 14.5. The number of carbonyl (C=O) groups excluding carboxylic acids is 1. The van der Waals surface area contributed by atoms with Gasteiger partial charge in [0.25, 0.3) is 0 Å². The highest BCUT2D eigenvalue weighted by Crippen LogP contribution is 2.21. The highest BCUT2D eigenvalue weighted by Gasteiger charge is 2.12. The molecule has 5 N–H and O–H groups in total. The van der Waals surface area contributed by atoms with Crippen LogP contribution in [0.25, 0.3) is 0 Å². The van der Waals surface area contributed by atoms with E-state index in [0.29, 0.717) is 5.69 Å². The second kappa shape index (κ2) is 6.01. The van der Waals surface area contributed by atoms with Crippen molar-refractivity contribution in [2.45, 2.75) is 13.1 Å². The summed E-state index contributed by atoms with van der Waals surface area (Å²) in [7, 11) is 0. The molecule has 1 aromatic heterocycles. The van der Waals surface area contributed by atoms with Crippen molar-refractivity contribution in [2.75, 3.05) is 5.32 Å². The lowest BCUT2D eigenvalue weighted by Crippen LogP contribution is -2.19. The Morgan fingerprint density at radius 2 is 2.14 bits per heavy atom. The van der Waals surface area contributed by atoms with Gasteiger partial charge < -0.3 is 21.3 Å². The molecule has 1 aromatic carbocycles. The van der Waals surface area contributed by atoms with Crippen molar-refractivity contribution in [3.63, 3.8) is 0 Å². The number of nitrogens with one attached hydrogen (secondary N) is 1. The minimum absolute atomic E-state index is 0.0870. The number of phenols is 1. The Morgan fingerprint density at radius 3 is 2.76 bits per heavy atom. The van der Waals surface area contributed by atoms with E-state index in [2.05, 4.69) is 15.6 Å². The first-order valence-electron chi connectivity index (χ1n) is 5.95. The largest absolute Gasteiger partial charge is 0.507 e. The maximum Gasteiger partial charge on any atom is 0.339 e. The number of amides is 1. The molecule has 0 aliphatic heterocycles. The fourth-order valence-electron chi connectivity index (χ4n) is 1.64.